The van der Waals surface area contributed by atoms with E-state index >= 15 is 0 Å². The highest BCUT2D eigenvalue weighted by atomic mass is 79.9. The van der Waals surface area contributed by atoms with E-state index in [0.29, 0.717) is 20.3 Å². The van der Waals surface area contributed by atoms with Crippen LogP contribution in [-0.2, 0) is 15.7 Å². The lowest BCUT2D eigenvalue weighted by atomic mass is 10.2. The zero-order chi connectivity index (χ0) is 15.6. The van der Waals surface area contributed by atoms with Crippen LogP contribution >= 0.6 is 42.5 Å². The predicted octanol–water partition coefficient (Wildman–Crippen LogP) is 4.86. The summed E-state index contributed by atoms with van der Waals surface area (Å²) in [7, 11) is 1.45. The smallest absolute Gasteiger partial charge is 0.261 e. The number of benzene rings is 2. The number of hydrogen-bond donors (Lipinski definition) is 0. The minimum atomic E-state index is -3.84. The molecule has 0 unspecified atom stereocenters. The Labute approximate surface area is 142 Å². The molecule has 2 rings (SSSR count). The van der Waals surface area contributed by atoms with E-state index < -0.39 is 9.05 Å². The minimum Gasteiger partial charge on any atom is -0.486 e. The maximum Gasteiger partial charge on any atom is 0.261 e. The second kappa shape index (κ2) is 6.64. The number of ether oxygens (including phenoxy) is 1. The molecule has 2 aromatic rings. The Kier molecular flexibility index (Phi) is 5.29. The van der Waals surface area contributed by atoms with E-state index in [1.807, 2.05) is 0 Å². The van der Waals surface area contributed by atoms with Gasteiger partial charge in [0.05, 0.1) is 13.8 Å². The Bertz CT molecular complexity index is 758. The molecule has 112 valence electrons. The second-order valence-corrected chi connectivity index (χ2v) is 8.31. The lowest BCUT2D eigenvalue weighted by Crippen LogP contribution is -2.00. The van der Waals surface area contributed by atoms with Gasteiger partial charge in [-0.15, -0.1) is 0 Å². The summed E-state index contributed by atoms with van der Waals surface area (Å²) in [5, 5.41) is 0. The first-order valence-corrected chi connectivity index (χ1v) is 9.48. The van der Waals surface area contributed by atoms with Crippen molar-refractivity contribution < 1.29 is 17.5 Å². The Morgan fingerprint density at radius 3 is 2.24 bits per heavy atom. The van der Waals surface area contributed by atoms with Crippen molar-refractivity contribution in [3.63, 3.8) is 0 Å². The van der Waals surface area contributed by atoms with Crippen LogP contribution < -0.4 is 4.74 Å². The van der Waals surface area contributed by atoms with Crippen molar-refractivity contribution >= 4 is 51.6 Å². The van der Waals surface area contributed by atoms with Crippen LogP contribution in [0, 0.1) is 5.82 Å². The Hall–Kier alpha value is -0.630. The van der Waals surface area contributed by atoms with Gasteiger partial charge in [0.2, 0.25) is 0 Å². The summed E-state index contributed by atoms with van der Waals surface area (Å²) in [5.74, 6) is -0.00739. The summed E-state index contributed by atoms with van der Waals surface area (Å²) >= 11 is 6.42. The van der Waals surface area contributed by atoms with Crippen LogP contribution in [-0.4, -0.2) is 8.42 Å². The number of hydrogen-bond acceptors (Lipinski definition) is 3. The summed E-state index contributed by atoms with van der Waals surface area (Å²) < 4.78 is 42.4. The monoisotopic (exact) mass is 456 g/mol. The van der Waals surface area contributed by atoms with Crippen molar-refractivity contribution in [2.75, 3.05) is 0 Å². The summed E-state index contributed by atoms with van der Waals surface area (Å²) in [5.41, 5.74) is 0.394. The topological polar surface area (TPSA) is 43.4 Å². The summed E-state index contributed by atoms with van der Waals surface area (Å²) in [4.78, 5) is -0.0684. The van der Waals surface area contributed by atoms with Crippen LogP contribution in [0.1, 0.15) is 5.56 Å². The van der Waals surface area contributed by atoms with Gasteiger partial charge in [0.1, 0.15) is 18.2 Å². The van der Waals surface area contributed by atoms with Crippen molar-refractivity contribution in [2.45, 2.75) is 11.5 Å². The fraction of sp³-hybridized carbons (Fsp3) is 0.0769. The molecule has 0 aromatic heterocycles. The summed E-state index contributed by atoms with van der Waals surface area (Å²) in [6.45, 7) is 0.0108. The van der Waals surface area contributed by atoms with Gasteiger partial charge in [0.25, 0.3) is 9.05 Å². The fourth-order valence-electron chi connectivity index (χ4n) is 1.58. The first-order valence-electron chi connectivity index (χ1n) is 5.59. The standard InChI is InChI=1S/C13H8Br2ClFO3S/c14-10-5-9(21(16,18)19)6-11(15)13(10)20-7-8-3-1-2-4-12(8)17/h1-6H,7H2. The minimum absolute atomic E-state index is 0.0108. The highest BCUT2D eigenvalue weighted by Crippen LogP contribution is 2.37. The third-order valence-electron chi connectivity index (χ3n) is 2.58. The van der Waals surface area contributed by atoms with Crippen LogP contribution in [0.15, 0.2) is 50.2 Å². The van der Waals surface area contributed by atoms with Gasteiger partial charge >= 0.3 is 0 Å². The van der Waals surface area contributed by atoms with Crippen LogP contribution in [0.3, 0.4) is 0 Å². The molecule has 0 aliphatic carbocycles. The van der Waals surface area contributed by atoms with E-state index in [1.165, 1.54) is 18.2 Å². The zero-order valence-electron chi connectivity index (χ0n) is 10.3. The largest absolute Gasteiger partial charge is 0.486 e. The molecular formula is C13H8Br2ClFO3S. The molecule has 0 saturated carbocycles. The molecule has 0 N–H and O–H groups in total. The number of rotatable bonds is 4. The summed E-state index contributed by atoms with van der Waals surface area (Å²) in [6, 6.07) is 8.88. The quantitative estimate of drug-likeness (QED) is 0.615. The molecule has 0 atom stereocenters. The molecule has 0 fully saturated rings. The normalized spacial score (nSPS) is 11.4. The highest BCUT2D eigenvalue weighted by Gasteiger charge is 2.16. The maximum absolute atomic E-state index is 13.5. The SMILES string of the molecule is O=S(=O)(Cl)c1cc(Br)c(OCc2ccccc2F)c(Br)c1. The van der Waals surface area contributed by atoms with Crippen molar-refractivity contribution in [3.05, 3.63) is 56.7 Å². The van der Waals surface area contributed by atoms with E-state index in [-0.39, 0.29) is 17.3 Å². The van der Waals surface area contributed by atoms with Crippen LogP contribution in [0.25, 0.3) is 0 Å². The van der Waals surface area contributed by atoms with Crippen molar-refractivity contribution in [1.29, 1.82) is 0 Å². The molecule has 0 aliphatic heterocycles. The predicted molar refractivity (Wildman–Crippen MR) is 85.6 cm³/mol. The average Bonchev–Trinajstić information content (AvgIpc) is 2.38. The third kappa shape index (κ3) is 4.18. The van der Waals surface area contributed by atoms with Gasteiger partial charge in [-0.25, -0.2) is 12.8 Å². The molecule has 0 saturated heterocycles. The molecule has 0 amide bonds. The Morgan fingerprint density at radius 2 is 1.71 bits per heavy atom. The molecule has 0 heterocycles. The molecule has 2 aromatic carbocycles. The fourth-order valence-corrected chi connectivity index (χ4v) is 4.08. The molecule has 21 heavy (non-hydrogen) atoms. The number of halogens is 4. The first kappa shape index (κ1) is 16.7. The zero-order valence-corrected chi connectivity index (χ0v) is 15.1. The molecule has 0 radical (unpaired) electrons. The van der Waals surface area contributed by atoms with Crippen molar-refractivity contribution in [2.24, 2.45) is 0 Å². The Balaban J connectivity index is 2.28. The highest BCUT2D eigenvalue weighted by molar-refractivity contribution is 9.11. The van der Waals surface area contributed by atoms with Crippen molar-refractivity contribution in [3.8, 4) is 5.75 Å². The summed E-state index contributed by atoms with van der Waals surface area (Å²) in [6.07, 6.45) is 0. The molecular weight excluding hydrogens is 450 g/mol. The first-order chi connectivity index (χ1) is 9.79. The van der Waals surface area contributed by atoms with Gasteiger partial charge in [-0.05, 0) is 50.1 Å². The molecule has 0 aliphatic rings. The van der Waals surface area contributed by atoms with E-state index in [2.05, 4.69) is 31.9 Å². The van der Waals surface area contributed by atoms with E-state index in [1.54, 1.807) is 18.2 Å². The van der Waals surface area contributed by atoms with Crippen LogP contribution in [0.5, 0.6) is 5.75 Å². The van der Waals surface area contributed by atoms with Gasteiger partial charge in [-0.2, -0.15) is 0 Å². The van der Waals surface area contributed by atoms with Gasteiger partial charge in [-0.3, -0.25) is 0 Å². The Morgan fingerprint density at radius 1 is 1.14 bits per heavy atom. The second-order valence-electron chi connectivity index (χ2n) is 4.03. The lowest BCUT2D eigenvalue weighted by molar-refractivity contribution is 0.296. The molecule has 3 nitrogen and oxygen atoms in total. The van der Waals surface area contributed by atoms with E-state index in [0.717, 1.165) is 0 Å². The molecule has 8 heteroatoms. The van der Waals surface area contributed by atoms with E-state index in [9.17, 15) is 12.8 Å². The molecule has 0 spiro atoms. The average molecular weight is 459 g/mol. The van der Waals surface area contributed by atoms with Crippen LogP contribution in [0.2, 0.25) is 0 Å². The third-order valence-corrected chi connectivity index (χ3v) is 5.09. The maximum atomic E-state index is 13.5. The van der Waals surface area contributed by atoms with E-state index in [4.69, 9.17) is 15.4 Å². The van der Waals surface area contributed by atoms with Crippen LogP contribution in [0.4, 0.5) is 4.39 Å². The lowest BCUT2D eigenvalue weighted by Gasteiger charge is -2.12. The van der Waals surface area contributed by atoms with Gasteiger partial charge in [0.15, 0.2) is 0 Å². The van der Waals surface area contributed by atoms with Gasteiger partial charge in [-0.1, -0.05) is 18.2 Å². The van der Waals surface area contributed by atoms with Crippen molar-refractivity contribution in [1.82, 2.24) is 0 Å². The molecule has 0 bridgehead atoms. The van der Waals surface area contributed by atoms with Gasteiger partial charge in [0, 0.05) is 16.2 Å². The van der Waals surface area contributed by atoms with Gasteiger partial charge < -0.3 is 4.74 Å².